The monoisotopic (exact) mass is 419 g/mol. The zero-order valence-electron chi connectivity index (χ0n) is 17.9. The van der Waals surface area contributed by atoms with E-state index in [4.69, 9.17) is 18.9 Å². The molecule has 0 amide bonds. The molecular weight excluding hydrogens is 386 g/mol. The summed E-state index contributed by atoms with van der Waals surface area (Å²) in [5.41, 5.74) is 0.795. The van der Waals surface area contributed by atoms with Crippen molar-refractivity contribution in [3.63, 3.8) is 0 Å². The van der Waals surface area contributed by atoms with Crippen LogP contribution in [0.15, 0.2) is 33.7 Å². The number of nitrogens with zero attached hydrogens (tertiary/aromatic N) is 1. The van der Waals surface area contributed by atoms with E-state index >= 15 is 0 Å². The Labute approximate surface area is 177 Å². The van der Waals surface area contributed by atoms with Crippen LogP contribution in [-0.4, -0.2) is 49.9 Å². The van der Waals surface area contributed by atoms with Crippen LogP contribution in [0.4, 0.5) is 0 Å². The molecule has 2 N–H and O–H groups in total. The summed E-state index contributed by atoms with van der Waals surface area (Å²) in [4.78, 5) is 4.90. The van der Waals surface area contributed by atoms with Crippen molar-refractivity contribution in [2.75, 3.05) is 39.2 Å². The Hall–Kier alpha value is -1.86. The molecule has 1 fully saturated rings. The molecule has 0 saturated carbocycles. The molecule has 2 aromatic rings. The van der Waals surface area contributed by atoms with Crippen LogP contribution in [0.25, 0.3) is 11.0 Å². The first kappa shape index (κ1) is 21.8. The molecule has 0 aliphatic carbocycles. The Morgan fingerprint density at radius 3 is 2.79 bits per heavy atom. The van der Waals surface area contributed by atoms with Gasteiger partial charge in [0.2, 0.25) is 0 Å². The number of hydrogen-bond donors (Lipinski definition) is 2. The molecule has 0 radical (unpaired) electrons. The lowest BCUT2D eigenvalue weighted by Crippen LogP contribution is -2.41. The van der Waals surface area contributed by atoms with Crippen LogP contribution in [0, 0.1) is 0 Å². The normalized spacial score (nSPS) is 17.9. The van der Waals surface area contributed by atoms with Gasteiger partial charge in [-0.1, -0.05) is 12.1 Å². The second-order valence-electron chi connectivity index (χ2n) is 7.32. The topological polar surface area (TPSA) is 68.0 Å². The van der Waals surface area contributed by atoms with Crippen LogP contribution in [-0.2, 0) is 4.74 Å². The van der Waals surface area contributed by atoms with E-state index in [1.807, 2.05) is 36.9 Å². The summed E-state index contributed by atoms with van der Waals surface area (Å²) in [6, 6.07) is 8.03. The molecule has 1 saturated heterocycles. The fourth-order valence-electron chi connectivity index (χ4n) is 3.53. The van der Waals surface area contributed by atoms with Crippen molar-refractivity contribution in [2.45, 2.75) is 44.4 Å². The van der Waals surface area contributed by atoms with Crippen molar-refractivity contribution in [3.05, 3.63) is 30.0 Å². The van der Waals surface area contributed by atoms with Crippen LogP contribution in [0.3, 0.4) is 0 Å². The Balaban J connectivity index is 1.74. The maximum absolute atomic E-state index is 6.14. The number of rotatable bonds is 8. The first-order chi connectivity index (χ1) is 14.1. The maximum Gasteiger partial charge on any atom is 0.191 e. The predicted octanol–water partition coefficient (Wildman–Crippen LogP) is 4.36. The molecule has 1 unspecified atom stereocenters. The standard InChI is InChI=1S/C22H33N3O3S/c1-5-23-21(24-15-22(29-4)10-12-26-13-11-22)25-16(3)19-14-17-8-7-9-18(27-6-2)20(17)28-19/h7-9,14,16H,5-6,10-13,15H2,1-4H3,(H2,23,24,25). The van der Waals surface area contributed by atoms with E-state index in [0.717, 1.165) is 67.6 Å². The summed E-state index contributed by atoms with van der Waals surface area (Å²) in [6.07, 6.45) is 4.25. The van der Waals surface area contributed by atoms with Gasteiger partial charge >= 0.3 is 0 Å². The molecule has 0 bridgehead atoms. The number of furan rings is 1. The van der Waals surface area contributed by atoms with Gasteiger partial charge < -0.3 is 24.5 Å². The van der Waals surface area contributed by atoms with Gasteiger partial charge in [0.15, 0.2) is 17.3 Å². The van der Waals surface area contributed by atoms with Gasteiger partial charge in [0.05, 0.1) is 19.2 Å². The molecular formula is C22H33N3O3S. The van der Waals surface area contributed by atoms with E-state index in [2.05, 4.69) is 36.8 Å². The van der Waals surface area contributed by atoms with Crippen LogP contribution in [0.1, 0.15) is 45.4 Å². The molecule has 29 heavy (non-hydrogen) atoms. The van der Waals surface area contributed by atoms with Gasteiger partial charge in [-0.15, -0.1) is 0 Å². The highest BCUT2D eigenvalue weighted by Crippen LogP contribution is 2.34. The summed E-state index contributed by atoms with van der Waals surface area (Å²) in [7, 11) is 0. The summed E-state index contributed by atoms with van der Waals surface area (Å²) < 4.78 is 17.5. The molecule has 3 rings (SSSR count). The van der Waals surface area contributed by atoms with Crippen LogP contribution >= 0.6 is 11.8 Å². The fourth-order valence-corrected chi connectivity index (χ4v) is 4.30. The Kier molecular flexibility index (Phi) is 7.72. The zero-order valence-corrected chi connectivity index (χ0v) is 18.7. The van der Waals surface area contributed by atoms with Crippen LogP contribution < -0.4 is 15.4 Å². The van der Waals surface area contributed by atoms with Crippen molar-refractivity contribution in [1.82, 2.24) is 10.6 Å². The summed E-state index contributed by atoms with van der Waals surface area (Å²) in [5, 5.41) is 7.90. The molecule has 1 aromatic heterocycles. The van der Waals surface area contributed by atoms with Gasteiger partial charge in [0, 0.05) is 29.9 Å². The number of fused-ring (bicyclic) bond motifs is 1. The molecule has 1 atom stereocenters. The number of guanidine groups is 1. The smallest absolute Gasteiger partial charge is 0.191 e. The van der Waals surface area contributed by atoms with Gasteiger partial charge in [0.25, 0.3) is 0 Å². The van der Waals surface area contributed by atoms with Crippen molar-refractivity contribution >= 4 is 28.7 Å². The Bertz CT molecular complexity index is 815. The van der Waals surface area contributed by atoms with E-state index in [0.29, 0.717) is 6.61 Å². The lowest BCUT2D eigenvalue weighted by molar-refractivity contribution is 0.0794. The van der Waals surface area contributed by atoms with Gasteiger partial charge in [-0.25, -0.2) is 0 Å². The van der Waals surface area contributed by atoms with E-state index in [9.17, 15) is 0 Å². The molecule has 1 aliphatic heterocycles. The van der Waals surface area contributed by atoms with Crippen LogP contribution in [0.2, 0.25) is 0 Å². The number of aliphatic imine (C=N–C) groups is 1. The van der Waals surface area contributed by atoms with Crippen LogP contribution in [0.5, 0.6) is 5.75 Å². The summed E-state index contributed by atoms with van der Waals surface area (Å²) >= 11 is 1.90. The average molecular weight is 420 g/mol. The minimum absolute atomic E-state index is 0.0189. The third-order valence-electron chi connectivity index (χ3n) is 5.31. The fraction of sp³-hybridized carbons (Fsp3) is 0.591. The zero-order chi connectivity index (χ0) is 20.7. The first-order valence-corrected chi connectivity index (χ1v) is 11.7. The molecule has 1 aromatic carbocycles. The quantitative estimate of drug-likeness (QED) is 0.489. The minimum Gasteiger partial charge on any atom is -0.490 e. The number of thioether (sulfide) groups is 1. The molecule has 1 aliphatic rings. The third kappa shape index (κ3) is 5.39. The van der Waals surface area contributed by atoms with Crippen molar-refractivity contribution in [3.8, 4) is 5.75 Å². The molecule has 6 nitrogen and oxygen atoms in total. The van der Waals surface area contributed by atoms with Crippen molar-refractivity contribution < 1.29 is 13.9 Å². The summed E-state index contributed by atoms with van der Waals surface area (Å²) in [5.74, 6) is 2.46. The SMILES string of the molecule is CCNC(=NCC1(SC)CCOCC1)NC(C)c1cc2cccc(OCC)c2o1. The molecule has 7 heteroatoms. The Morgan fingerprint density at radius 2 is 2.10 bits per heavy atom. The summed E-state index contributed by atoms with van der Waals surface area (Å²) in [6.45, 7) is 9.97. The van der Waals surface area contributed by atoms with Gasteiger partial charge in [0.1, 0.15) is 5.76 Å². The van der Waals surface area contributed by atoms with Gasteiger partial charge in [-0.05, 0) is 52.0 Å². The number of ether oxygens (including phenoxy) is 2. The van der Waals surface area contributed by atoms with Crippen molar-refractivity contribution in [1.29, 1.82) is 0 Å². The number of benzene rings is 1. The Morgan fingerprint density at radius 1 is 1.31 bits per heavy atom. The third-order valence-corrected chi connectivity index (χ3v) is 6.72. The van der Waals surface area contributed by atoms with E-state index < -0.39 is 0 Å². The van der Waals surface area contributed by atoms with E-state index in [-0.39, 0.29) is 10.8 Å². The highest BCUT2D eigenvalue weighted by atomic mass is 32.2. The lowest BCUT2D eigenvalue weighted by Gasteiger charge is -2.34. The number of nitrogens with one attached hydrogen (secondary N) is 2. The van der Waals surface area contributed by atoms with E-state index in [1.165, 1.54) is 0 Å². The lowest BCUT2D eigenvalue weighted by atomic mass is 9.99. The first-order valence-electron chi connectivity index (χ1n) is 10.4. The highest BCUT2D eigenvalue weighted by molar-refractivity contribution is 8.00. The maximum atomic E-state index is 6.14. The molecule has 160 valence electrons. The predicted molar refractivity (Wildman–Crippen MR) is 121 cm³/mol. The number of hydrogen-bond acceptors (Lipinski definition) is 5. The van der Waals surface area contributed by atoms with Gasteiger partial charge in [-0.3, -0.25) is 4.99 Å². The molecule has 2 heterocycles. The average Bonchev–Trinajstić information content (AvgIpc) is 3.19. The van der Waals surface area contributed by atoms with E-state index in [1.54, 1.807) is 0 Å². The number of para-hydroxylation sites is 1. The second-order valence-corrected chi connectivity index (χ2v) is 8.59. The van der Waals surface area contributed by atoms with Gasteiger partial charge in [-0.2, -0.15) is 11.8 Å². The van der Waals surface area contributed by atoms with Crippen molar-refractivity contribution in [2.24, 2.45) is 4.99 Å². The molecule has 0 spiro atoms. The minimum atomic E-state index is -0.0189. The second kappa shape index (κ2) is 10.3. The highest BCUT2D eigenvalue weighted by Gasteiger charge is 2.31. The largest absolute Gasteiger partial charge is 0.490 e.